The van der Waals surface area contributed by atoms with Crippen molar-refractivity contribution in [2.45, 2.75) is 25.3 Å². The van der Waals surface area contributed by atoms with Gasteiger partial charge in [-0.15, -0.1) is 11.3 Å². The highest BCUT2D eigenvalue weighted by molar-refractivity contribution is 7.13. The number of anilines is 1. The summed E-state index contributed by atoms with van der Waals surface area (Å²) in [5, 5.41) is 2.74. The molecule has 1 saturated carbocycles. The summed E-state index contributed by atoms with van der Waals surface area (Å²) in [4.78, 5) is 6.64. The molecule has 0 saturated heterocycles. The minimum Gasteiger partial charge on any atom is -0.375 e. The average Bonchev–Trinajstić information content (AvgIpc) is 2.87. The predicted molar refractivity (Wildman–Crippen MR) is 55.9 cm³/mol. The van der Waals surface area contributed by atoms with Gasteiger partial charge in [0.05, 0.1) is 5.69 Å². The third kappa shape index (κ3) is 2.42. The summed E-state index contributed by atoms with van der Waals surface area (Å²) in [5.74, 6) is 0. The van der Waals surface area contributed by atoms with Crippen LogP contribution in [0.4, 0.5) is 5.13 Å². The molecule has 1 aromatic heterocycles. The van der Waals surface area contributed by atoms with Crippen molar-refractivity contribution in [3.05, 3.63) is 11.1 Å². The summed E-state index contributed by atoms with van der Waals surface area (Å²) in [5.41, 5.74) is 6.69. The van der Waals surface area contributed by atoms with Crippen LogP contribution in [0.15, 0.2) is 5.38 Å². The van der Waals surface area contributed by atoms with E-state index in [1.807, 2.05) is 0 Å². The lowest BCUT2D eigenvalue weighted by molar-refractivity contribution is 0.327. The summed E-state index contributed by atoms with van der Waals surface area (Å²) in [7, 11) is 2.19. The summed E-state index contributed by atoms with van der Waals surface area (Å²) in [6, 6.07) is 0.844. The van der Waals surface area contributed by atoms with Gasteiger partial charge in [0.2, 0.25) is 0 Å². The minimum absolute atomic E-state index is 0.684. The van der Waals surface area contributed by atoms with Gasteiger partial charge < -0.3 is 10.6 Å². The maximum atomic E-state index is 5.55. The van der Waals surface area contributed by atoms with E-state index in [0.29, 0.717) is 5.13 Å². The second-order valence-electron chi connectivity index (χ2n) is 3.64. The van der Waals surface area contributed by atoms with Gasteiger partial charge in [-0.05, 0) is 19.9 Å². The summed E-state index contributed by atoms with van der Waals surface area (Å²) >= 11 is 1.53. The Kier molecular flexibility index (Phi) is 2.51. The van der Waals surface area contributed by atoms with Crippen molar-refractivity contribution < 1.29 is 0 Å². The highest BCUT2D eigenvalue weighted by Crippen LogP contribution is 2.25. The van der Waals surface area contributed by atoms with E-state index in [0.717, 1.165) is 24.7 Å². The maximum absolute atomic E-state index is 5.55. The Hall–Kier alpha value is -0.610. The Labute approximate surface area is 82.6 Å². The highest BCUT2D eigenvalue weighted by Gasteiger charge is 2.25. The van der Waals surface area contributed by atoms with Crippen LogP contribution >= 0.6 is 11.3 Å². The van der Waals surface area contributed by atoms with Gasteiger partial charge in [0.25, 0.3) is 0 Å². The molecule has 1 aromatic rings. The number of nitrogens with two attached hydrogens (primary N) is 1. The van der Waals surface area contributed by atoms with Crippen LogP contribution in [0, 0.1) is 0 Å². The number of hydrogen-bond donors (Lipinski definition) is 1. The molecule has 0 bridgehead atoms. The van der Waals surface area contributed by atoms with Gasteiger partial charge >= 0.3 is 0 Å². The van der Waals surface area contributed by atoms with Crippen molar-refractivity contribution in [2.75, 3.05) is 19.3 Å². The Balaban J connectivity index is 1.78. The molecule has 0 amide bonds. The lowest BCUT2D eigenvalue weighted by atomic mass is 10.3. The monoisotopic (exact) mass is 197 g/mol. The first-order chi connectivity index (χ1) is 6.25. The fourth-order valence-corrected chi connectivity index (χ4v) is 2.02. The van der Waals surface area contributed by atoms with Crippen LogP contribution in [0.5, 0.6) is 0 Å². The van der Waals surface area contributed by atoms with Crippen LogP contribution in [0.1, 0.15) is 18.5 Å². The fraction of sp³-hybridized carbons (Fsp3) is 0.667. The molecule has 0 spiro atoms. The molecule has 2 rings (SSSR count). The van der Waals surface area contributed by atoms with E-state index in [4.69, 9.17) is 5.73 Å². The van der Waals surface area contributed by atoms with Gasteiger partial charge in [0, 0.05) is 24.4 Å². The molecule has 1 heterocycles. The number of aromatic nitrogens is 1. The molecule has 13 heavy (non-hydrogen) atoms. The van der Waals surface area contributed by atoms with Gasteiger partial charge in [0.15, 0.2) is 5.13 Å². The number of nitrogens with zero attached hydrogens (tertiary/aromatic N) is 2. The Morgan fingerprint density at radius 2 is 2.46 bits per heavy atom. The van der Waals surface area contributed by atoms with E-state index < -0.39 is 0 Å². The zero-order valence-electron chi connectivity index (χ0n) is 7.86. The second kappa shape index (κ2) is 3.64. The predicted octanol–water partition coefficient (Wildman–Crippen LogP) is 1.36. The normalized spacial score (nSPS) is 16.8. The molecule has 0 radical (unpaired) electrons. The molecule has 1 fully saturated rings. The Morgan fingerprint density at radius 1 is 1.69 bits per heavy atom. The van der Waals surface area contributed by atoms with Crippen molar-refractivity contribution >= 4 is 16.5 Å². The smallest absolute Gasteiger partial charge is 0.180 e. The van der Waals surface area contributed by atoms with Gasteiger partial charge in [-0.3, -0.25) is 0 Å². The van der Waals surface area contributed by atoms with E-state index in [1.165, 1.54) is 24.2 Å². The van der Waals surface area contributed by atoms with E-state index in [9.17, 15) is 0 Å². The third-order valence-electron chi connectivity index (χ3n) is 2.46. The van der Waals surface area contributed by atoms with Crippen LogP contribution in [0.3, 0.4) is 0 Å². The largest absolute Gasteiger partial charge is 0.375 e. The van der Waals surface area contributed by atoms with Gasteiger partial charge in [-0.25, -0.2) is 4.98 Å². The first kappa shape index (κ1) is 8.97. The zero-order chi connectivity index (χ0) is 9.26. The van der Waals surface area contributed by atoms with Crippen LogP contribution in [0.2, 0.25) is 0 Å². The number of likely N-dealkylation sites (N-methyl/N-ethyl adjacent to an activating group) is 1. The maximum Gasteiger partial charge on any atom is 0.180 e. The van der Waals surface area contributed by atoms with Gasteiger partial charge in [0.1, 0.15) is 0 Å². The number of thiazole rings is 1. The highest BCUT2D eigenvalue weighted by atomic mass is 32.1. The molecule has 1 aliphatic carbocycles. The molecule has 3 nitrogen and oxygen atoms in total. The van der Waals surface area contributed by atoms with Gasteiger partial charge in [-0.1, -0.05) is 0 Å². The summed E-state index contributed by atoms with van der Waals surface area (Å²) in [6.07, 6.45) is 3.77. The van der Waals surface area contributed by atoms with E-state index in [-0.39, 0.29) is 0 Å². The van der Waals surface area contributed by atoms with Crippen LogP contribution in [0.25, 0.3) is 0 Å². The Morgan fingerprint density at radius 3 is 3.00 bits per heavy atom. The molecular weight excluding hydrogens is 182 g/mol. The minimum atomic E-state index is 0.684. The van der Waals surface area contributed by atoms with Crippen LogP contribution in [-0.2, 0) is 6.42 Å². The number of rotatable bonds is 4. The van der Waals surface area contributed by atoms with Crippen molar-refractivity contribution in [3.63, 3.8) is 0 Å². The molecule has 1 aliphatic rings. The number of hydrogen-bond acceptors (Lipinski definition) is 4. The van der Waals surface area contributed by atoms with E-state index >= 15 is 0 Å². The number of nitrogen functional groups attached to an aromatic ring is 1. The van der Waals surface area contributed by atoms with E-state index in [2.05, 4.69) is 22.3 Å². The average molecular weight is 197 g/mol. The molecule has 0 unspecified atom stereocenters. The standard InChI is InChI=1S/C9H15N3S/c1-12(8-2-3-8)5-4-7-6-13-9(10)11-7/h6,8H,2-5H2,1H3,(H2,10,11). The summed E-state index contributed by atoms with van der Waals surface area (Å²) < 4.78 is 0. The Bertz CT molecular complexity index is 280. The van der Waals surface area contributed by atoms with Crippen molar-refractivity contribution in [1.29, 1.82) is 0 Å². The summed E-state index contributed by atoms with van der Waals surface area (Å²) in [6.45, 7) is 1.10. The van der Waals surface area contributed by atoms with Crippen molar-refractivity contribution in [3.8, 4) is 0 Å². The molecule has 2 N–H and O–H groups in total. The third-order valence-corrected chi connectivity index (χ3v) is 3.18. The zero-order valence-corrected chi connectivity index (χ0v) is 8.68. The van der Waals surface area contributed by atoms with Crippen molar-refractivity contribution in [1.82, 2.24) is 9.88 Å². The molecule has 0 aliphatic heterocycles. The topological polar surface area (TPSA) is 42.1 Å². The van der Waals surface area contributed by atoms with Gasteiger partial charge in [-0.2, -0.15) is 0 Å². The van der Waals surface area contributed by atoms with Crippen LogP contribution in [-0.4, -0.2) is 29.5 Å². The lowest BCUT2D eigenvalue weighted by Gasteiger charge is -2.13. The quantitative estimate of drug-likeness (QED) is 0.792. The molecule has 0 aromatic carbocycles. The lowest BCUT2D eigenvalue weighted by Crippen LogP contribution is -2.23. The molecular formula is C9H15N3S. The SMILES string of the molecule is CN(CCc1csc(N)n1)C1CC1. The molecule has 72 valence electrons. The van der Waals surface area contributed by atoms with E-state index in [1.54, 1.807) is 0 Å². The first-order valence-corrected chi connectivity index (χ1v) is 5.54. The van der Waals surface area contributed by atoms with Crippen molar-refractivity contribution in [2.24, 2.45) is 0 Å². The molecule has 0 atom stereocenters. The second-order valence-corrected chi connectivity index (χ2v) is 4.53. The first-order valence-electron chi connectivity index (χ1n) is 4.66. The fourth-order valence-electron chi connectivity index (χ4n) is 1.43. The molecule has 4 heteroatoms. The van der Waals surface area contributed by atoms with Crippen LogP contribution < -0.4 is 5.73 Å².